The number of amides is 1. The van der Waals surface area contributed by atoms with E-state index in [0.29, 0.717) is 12.3 Å². The molecule has 1 amide bonds. The molecule has 0 atom stereocenters. The average molecular weight is 246 g/mol. The topological polar surface area (TPSA) is 69.0 Å². The first kappa shape index (κ1) is 12.1. The van der Waals surface area contributed by atoms with Gasteiger partial charge in [0.25, 0.3) is 0 Å². The molecule has 0 spiro atoms. The third-order valence-corrected chi connectivity index (χ3v) is 2.38. The molecule has 0 aliphatic carbocycles. The van der Waals surface area contributed by atoms with Crippen LogP contribution in [0.25, 0.3) is 11.4 Å². The fraction of sp³-hybridized carbons (Fsp3) is 0.250. The van der Waals surface area contributed by atoms with Crippen LogP contribution >= 0.6 is 0 Å². The van der Waals surface area contributed by atoms with Gasteiger partial charge in [0.2, 0.25) is 0 Å². The highest BCUT2D eigenvalue weighted by molar-refractivity contribution is 5.84. The van der Waals surface area contributed by atoms with Crippen molar-refractivity contribution in [2.75, 3.05) is 11.9 Å². The lowest BCUT2D eigenvalue weighted by Crippen LogP contribution is -2.13. The Morgan fingerprint density at radius 2 is 2.11 bits per heavy atom. The van der Waals surface area contributed by atoms with Gasteiger partial charge in [-0.2, -0.15) is 0 Å². The Morgan fingerprint density at radius 1 is 1.39 bits per heavy atom. The van der Waals surface area contributed by atoms with Crippen LogP contribution in [0.1, 0.15) is 6.92 Å². The van der Waals surface area contributed by atoms with Gasteiger partial charge in [0.15, 0.2) is 5.82 Å². The largest absolute Gasteiger partial charge is 0.450 e. The number of carbonyl (C=O) groups is 1. The normalized spacial score (nSPS) is 10.1. The maximum absolute atomic E-state index is 11.2. The van der Waals surface area contributed by atoms with E-state index in [4.69, 9.17) is 4.74 Å². The van der Waals surface area contributed by atoms with Gasteiger partial charge >= 0.3 is 6.09 Å². The summed E-state index contributed by atoms with van der Waals surface area (Å²) < 4.78 is 6.62. The molecule has 1 aromatic carbocycles. The molecule has 0 saturated carbocycles. The Bertz CT molecular complexity index is 533. The molecule has 1 N–H and O–H groups in total. The van der Waals surface area contributed by atoms with Gasteiger partial charge in [0.05, 0.1) is 6.61 Å². The summed E-state index contributed by atoms with van der Waals surface area (Å²) in [6.45, 7) is 2.11. The Morgan fingerprint density at radius 3 is 2.67 bits per heavy atom. The molecule has 0 radical (unpaired) electrons. The SMILES string of the molecule is CCOC(=O)Nc1ccc(-c2nncn2C)cc1. The smallest absolute Gasteiger partial charge is 0.411 e. The standard InChI is InChI=1S/C12H14N4O2/c1-3-18-12(17)14-10-6-4-9(5-7-10)11-15-13-8-16(11)2/h4-8H,3H2,1-2H3,(H,14,17). The molecule has 94 valence electrons. The molecule has 0 unspecified atom stereocenters. The third-order valence-electron chi connectivity index (χ3n) is 2.38. The van der Waals surface area contributed by atoms with E-state index in [0.717, 1.165) is 11.4 Å². The first-order chi connectivity index (χ1) is 8.70. The van der Waals surface area contributed by atoms with Crippen LogP contribution in [0.15, 0.2) is 30.6 Å². The lowest BCUT2D eigenvalue weighted by atomic mass is 10.2. The van der Waals surface area contributed by atoms with E-state index >= 15 is 0 Å². The van der Waals surface area contributed by atoms with Crippen LogP contribution in [-0.2, 0) is 11.8 Å². The lowest BCUT2D eigenvalue weighted by molar-refractivity contribution is 0.168. The number of hydrogen-bond donors (Lipinski definition) is 1. The average Bonchev–Trinajstić information content (AvgIpc) is 2.77. The van der Waals surface area contributed by atoms with Crippen LogP contribution in [-0.4, -0.2) is 27.5 Å². The van der Waals surface area contributed by atoms with Crippen LogP contribution in [0.4, 0.5) is 10.5 Å². The van der Waals surface area contributed by atoms with Gasteiger partial charge in [-0.3, -0.25) is 5.32 Å². The van der Waals surface area contributed by atoms with E-state index < -0.39 is 6.09 Å². The van der Waals surface area contributed by atoms with Crippen molar-refractivity contribution in [1.29, 1.82) is 0 Å². The predicted octanol–water partition coefficient (Wildman–Crippen LogP) is 2.05. The molecule has 6 nitrogen and oxygen atoms in total. The van der Waals surface area contributed by atoms with E-state index in [1.807, 2.05) is 23.7 Å². The second-order valence-electron chi connectivity index (χ2n) is 3.69. The molecule has 1 aromatic heterocycles. The summed E-state index contributed by atoms with van der Waals surface area (Å²) >= 11 is 0. The highest BCUT2D eigenvalue weighted by atomic mass is 16.5. The minimum absolute atomic E-state index is 0.350. The fourth-order valence-electron chi connectivity index (χ4n) is 1.53. The number of hydrogen-bond acceptors (Lipinski definition) is 4. The van der Waals surface area contributed by atoms with E-state index in [1.54, 1.807) is 25.4 Å². The molecule has 0 saturated heterocycles. The summed E-state index contributed by atoms with van der Waals surface area (Å²) in [4.78, 5) is 11.2. The van der Waals surface area contributed by atoms with Crippen molar-refractivity contribution in [3.63, 3.8) is 0 Å². The second-order valence-corrected chi connectivity index (χ2v) is 3.69. The zero-order chi connectivity index (χ0) is 13.0. The quantitative estimate of drug-likeness (QED) is 0.899. The number of nitrogens with one attached hydrogen (secondary N) is 1. The Labute approximate surface area is 105 Å². The van der Waals surface area contributed by atoms with E-state index in [1.165, 1.54) is 0 Å². The monoisotopic (exact) mass is 246 g/mol. The van der Waals surface area contributed by atoms with Crippen molar-refractivity contribution in [1.82, 2.24) is 14.8 Å². The van der Waals surface area contributed by atoms with Gasteiger partial charge in [-0.05, 0) is 31.2 Å². The first-order valence-corrected chi connectivity index (χ1v) is 5.59. The molecule has 0 aliphatic rings. The lowest BCUT2D eigenvalue weighted by Gasteiger charge is -2.06. The fourth-order valence-corrected chi connectivity index (χ4v) is 1.53. The number of benzene rings is 1. The van der Waals surface area contributed by atoms with Gasteiger partial charge in [-0.25, -0.2) is 4.79 Å². The molecular formula is C12H14N4O2. The molecule has 6 heteroatoms. The number of ether oxygens (including phenoxy) is 1. The third kappa shape index (κ3) is 2.65. The summed E-state index contributed by atoms with van der Waals surface area (Å²) in [7, 11) is 1.88. The predicted molar refractivity (Wildman–Crippen MR) is 67.1 cm³/mol. The molecule has 0 bridgehead atoms. The molecule has 0 fully saturated rings. The summed E-state index contributed by atoms with van der Waals surface area (Å²) in [5, 5.41) is 10.4. The molecule has 1 heterocycles. The summed E-state index contributed by atoms with van der Waals surface area (Å²) in [5.74, 6) is 0.776. The van der Waals surface area contributed by atoms with Crippen molar-refractivity contribution in [3.05, 3.63) is 30.6 Å². The van der Waals surface area contributed by atoms with Gasteiger partial charge in [-0.15, -0.1) is 10.2 Å². The zero-order valence-electron chi connectivity index (χ0n) is 10.3. The van der Waals surface area contributed by atoms with Gasteiger partial charge < -0.3 is 9.30 Å². The van der Waals surface area contributed by atoms with Crippen LogP contribution in [0.3, 0.4) is 0 Å². The molecule has 18 heavy (non-hydrogen) atoms. The number of aryl methyl sites for hydroxylation is 1. The van der Waals surface area contributed by atoms with Gasteiger partial charge in [-0.1, -0.05) is 0 Å². The zero-order valence-corrected chi connectivity index (χ0v) is 10.3. The Kier molecular flexibility index (Phi) is 3.57. The highest BCUT2D eigenvalue weighted by Gasteiger charge is 2.05. The minimum atomic E-state index is -0.455. The second kappa shape index (κ2) is 5.31. The summed E-state index contributed by atoms with van der Waals surface area (Å²) in [6.07, 6.45) is 1.18. The van der Waals surface area contributed by atoms with Crippen LogP contribution in [0, 0.1) is 0 Å². The number of aromatic nitrogens is 3. The minimum Gasteiger partial charge on any atom is -0.450 e. The first-order valence-electron chi connectivity index (χ1n) is 5.59. The Hall–Kier alpha value is -2.37. The van der Waals surface area contributed by atoms with Crippen molar-refractivity contribution in [2.24, 2.45) is 7.05 Å². The molecular weight excluding hydrogens is 232 g/mol. The van der Waals surface area contributed by atoms with Crippen LogP contribution in [0.2, 0.25) is 0 Å². The Balaban J connectivity index is 2.11. The van der Waals surface area contributed by atoms with Crippen molar-refractivity contribution < 1.29 is 9.53 Å². The van der Waals surface area contributed by atoms with Crippen molar-refractivity contribution in [3.8, 4) is 11.4 Å². The molecule has 0 aliphatic heterocycles. The maximum Gasteiger partial charge on any atom is 0.411 e. The van der Waals surface area contributed by atoms with Gasteiger partial charge in [0, 0.05) is 18.3 Å². The van der Waals surface area contributed by atoms with Crippen LogP contribution in [0.5, 0.6) is 0 Å². The van der Waals surface area contributed by atoms with Crippen LogP contribution < -0.4 is 5.32 Å². The maximum atomic E-state index is 11.2. The van der Waals surface area contributed by atoms with Crippen molar-refractivity contribution in [2.45, 2.75) is 6.92 Å². The summed E-state index contributed by atoms with van der Waals surface area (Å²) in [6, 6.07) is 7.32. The number of rotatable bonds is 3. The number of anilines is 1. The molecule has 2 rings (SSSR count). The van der Waals surface area contributed by atoms with E-state index in [2.05, 4.69) is 15.5 Å². The molecule has 2 aromatic rings. The number of nitrogens with zero attached hydrogens (tertiary/aromatic N) is 3. The summed E-state index contributed by atoms with van der Waals surface area (Å²) in [5.41, 5.74) is 1.61. The highest BCUT2D eigenvalue weighted by Crippen LogP contribution is 2.18. The van der Waals surface area contributed by atoms with E-state index in [9.17, 15) is 4.79 Å². The van der Waals surface area contributed by atoms with Gasteiger partial charge in [0.1, 0.15) is 6.33 Å². The van der Waals surface area contributed by atoms with Crippen molar-refractivity contribution >= 4 is 11.8 Å². The number of carbonyl (C=O) groups excluding carboxylic acids is 1. The van der Waals surface area contributed by atoms with E-state index in [-0.39, 0.29) is 0 Å².